The summed E-state index contributed by atoms with van der Waals surface area (Å²) in [4.78, 5) is 0. The fourth-order valence-electron chi connectivity index (χ4n) is 2.54. The minimum absolute atomic E-state index is 0.811. The van der Waals surface area contributed by atoms with Gasteiger partial charge in [0.05, 0.1) is 0 Å². The summed E-state index contributed by atoms with van der Waals surface area (Å²) < 4.78 is 0. The highest BCUT2D eigenvalue weighted by Crippen LogP contribution is 2.17. The zero-order valence-electron chi connectivity index (χ0n) is 10.4. The Morgan fingerprint density at radius 2 is 1.76 bits per heavy atom. The number of benzene rings is 1. The van der Waals surface area contributed by atoms with Gasteiger partial charge >= 0.3 is 0 Å². The van der Waals surface area contributed by atoms with Gasteiger partial charge in [-0.15, -0.1) is 0 Å². The molecule has 1 aliphatic rings. The highest BCUT2D eigenvalue weighted by Gasteiger charge is 2.12. The molecule has 1 N–H and O–H groups in total. The number of unbranched alkanes of at least 4 members (excludes halogenated alkanes) is 1. The van der Waals surface area contributed by atoms with E-state index < -0.39 is 0 Å². The molecule has 94 valence electrons. The van der Waals surface area contributed by atoms with Gasteiger partial charge in [-0.3, -0.25) is 0 Å². The van der Waals surface area contributed by atoms with Crippen LogP contribution in [0.15, 0.2) is 24.3 Å². The maximum Gasteiger partial charge on any atom is 0.0406 e. The van der Waals surface area contributed by atoms with Gasteiger partial charge in [0.1, 0.15) is 0 Å². The molecule has 1 aliphatic carbocycles. The molecular weight excluding hydrogens is 230 g/mol. The van der Waals surface area contributed by atoms with Crippen LogP contribution in [-0.2, 0) is 6.42 Å². The van der Waals surface area contributed by atoms with E-state index in [4.69, 9.17) is 11.6 Å². The summed E-state index contributed by atoms with van der Waals surface area (Å²) >= 11 is 5.86. The van der Waals surface area contributed by atoms with Crippen molar-refractivity contribution in [2.45, 2.75) is 51.0 Å². The van der Waals surface area contributed by atoms with Crippen molar-refractivity contribution in [1.29, 1.82) is 0 Å². The molecule has 2 heteroatoms. The molecule has 0 radical (unpaired) electrons. The summed E-state index contributed by atoms with van der Waals surface area (Å²) in [5.74, 6) is 0. The van der Waals surface area contributed by atoms with Gasteiger partial charge in [0.15, 0.2) is 0 Å². The Hall–Kier alpha value is -0.530. The highest BCUT2D eigenvalue weighted by molar-refractivity contribution is 6.30. The molecule has 1 saturated carbocycles. The Bertz CT molecular complexity index is 314. The third-order valence-electron chi connectivity index (χ3n) is 3.59. The highest BCUT2D eigenvalue weighted by atomic mass is 35.5. The molecule has 2 rings (SSSR count). The van der Waals surface area contributed by atoms with Crippen LogP contribution in [0.5, 0.6) is 0 Å². The maximum atomic E-state index is 5.86. The average Bonchev–Trinajstić information content (AvgIpc) is 2.84. The summed E-state index contributed by atoms with van der Waals surface area (Å²) in [6.45, 7) is 1.18. The lowest BCUT2D eigenvalue weighted by atomic mass is 10.1. The smallest absolute Gasteiger partial charge is 0.0406 e. The topological polar surface area (TPSA) is 12.0 Å². The van der Waals surface area contributed by atoms with E-state index in [2.05, 4.69) is 17.4 Å². The quantitative estimate of drug-likeness (QED) is 0.748. The number of hydrogen-bond donors (Lipinski definition) is 1. The van der Waals surface area contributed by atoms with Crippen LogP contribution < -0.4 is 5.32 Å². The molecule has 0 atom stereocenters. The van der Waals surface area contributed by atoms with Crippen molar-refractivity contribution in [2.24, 2.45) is 0 Å². The molecule has 1 fully saturated rings. The Labute approximate surface area is 110 Å². The molecule has 0 bridgehead atoms. The van der Waals surface area contributed by atoms with Gasteiger partial charge < -0.3 is 5.32 Å². The second-order valence-corrected chi connectivity index (χ2v) is 5.46. The Balaban J connectivity index is 1.55. The van der Waals surface area contributed by atoms with Crippen LogP contribution in [0.2, 0.25) is 5.02 Å². The summed E-state index contributed by atoms with van der Waals surface area (Å²) in [7, 11) is 0. The summed E-state index contributed by atoms with van der Waals surface area (Å²) in [5, 5.41) is 4.49. The standard InChI is InChI=1S/C15H22ClN/c16-14-10-8-13(9-11-14)5-3-4-12-17-15-6-1-2-7-15/h8-11,15,17H,1-7,12H2. The molecule has 0 heterocycles. The zero-order chi connectivity index (χ0) is 11.9. The summed E-state index contributed by atoms with van der Waals surface area (Å²) in [6.07, 6.45) is 9.32. The molecule has 0 spiro atoms. The number of aryl methyl sites for hydroxylation is 1. The second-order valence-electron chi connectivity index (χ2n) is 5.02. The molecule has 0 unspecified atom stereocenters. The molecule has 0 amide bonds. The number of hydrogen-bond acceptors (Lipinski definition) is 1. The normalized spacial score (nSPS) is 16.5. The number of halogens is 1. The Morgan fingerprint density at radius 1 is 1.06 bits per heavy atom. The van der Waals surface area contributed by atoms with Gasteiger partial charge in [0.2, 0.25) is 0 Å². The fourth-order valence-corrected chi connectivity index (χ4v) is 2.67. The van der Waals surface area contributed by atoms with Crippen molar-refractivity contribution in [2.75, 3.05) is 6.54 Å². The lowest BCUT2D eigenvalue weighted by molar-refractivity contribution is 0.508. The largest absolute Gasteiger partial charge is 0.314 e. The lowest BCUT2D eigenvalue weighted by Crippen LogP contribution is -2.26. The third kappa shape index (κ3) is 4.69. The second kappa shape index (κ2) is 7.03. The van der Waals surface area contributed by atoms with Crippen LogP contribution in [0.4, 0.5) is 0 Å². The first-order chi connectivity index (χ1) is 8.34. The average molecular weight is 252 g/mol. The lowest BCUT2D eigenvalue weighted by Gasteiger charge is -2.11. The van der Waals surface area contributed by atoms with Crippen molar-refractivity contribution in [3.63, 3.8) is 0 Å². The van der Waals surface area contributed by atoms with E-state index in [1.54, 1.807) is 0 Å². The first-order valence-corrected chi connectivity index (χ1v) is 7.20. The van der Waals surface area contributed by atoms with Gasteiger partial charge in [0, 0.05) is 11.1 Å². The monoisotopic (exact) mass is 251 g/mol. The van der Waals surface area contributed by atoms with Crippen LogP contribution >= 0.6 is 11.6 Å². The van der Waals surface area contributed by atoms with Crippen LogP contribution in [0.25, 0.3) is 0 Å². The van der Waals surface area contributed by atoms with Crippen molar-refractivity contribution in [1.82, 2.24) is 5.32 Å². The molecule has 1 aromatic rings. The first kappa shape index (κ1) is 12.9. The van der Waals surface area contributed by atoms with Crippen LogP contribution in [0, 0.1) is 0 Å². The van der Waals surface area contributed by atoms with Crippen LogP contribution in [0.1, 0.15) is 44.1 Å². The van der Waals surface area contributed by atoms with E-state index in [-0.39, 0.29) is 0 Å². The zero-order valence-corrected chi connectivity index (χ0v) is 11.2. The Morgan fingerprint density at radius 3 is 2.47 bits per heavy atom. The fraction of sp³-hybridized carbons (Fsp3) is 0.600. The summed E-state index contributed by atoms with van der Waals surface area (Å²) in [6, 6.07) is 9.03. The van der Waals surface area contributed by atoms with Crippen molar-refractivity contribution < 1.29 is 0 Å². The van der Waals surface area contributed by atoms with Gasteiger partial charge in [-0.05, 0) is 56.3 Å². The van der Waals surface area contributed by atoms with E-state index in [0.29, 0.717) is 0 Å². The molecular formula is C15H22ClN. The van der Waals surface area contributed by atoms with Crippen molar-refractivity contribution in [3.05, 3.63) is 34.9 Å². The van der Waals surface area contributed by atoms with E-state index in [0.717, 1.165) is 11.1 Å². The van der Waals surface area contributed by atoms with Crippen LogP contribution in [-0.4, -0.2) is 12.6 Å². The van der Waals surface area contributed by atoms with Crippen LogP contribution in [0.3, 0.4) is 0 Å². The summed E-state index contributed by atoms with van der Waals surface area (Å²) in [5.41, 5.74) is 1.40. The van der Waals surface area contributed by atoms with Gasteiger partial charge in [-0.2, -0.15) is 0 Å². The molecule has 0 saturated heterocycles. The van der Waals surface area contributed by atoms with Gasteiger partial charge in [-0.25, -0.2) is 0 Å². The van der Waals surface area contributed by atoms with Crippen molar-refractivity contribution >= 4 is 11.6 Å². The van der Waals surface area contributed by atoms with Crippen molar-refractivity contribution in [3.8, 4) is 0 Å². The van der Waals surface area contributed by atoms with Gasteiger partial charge in [0.25, 0.3) is 0 Å². The first-order valence-electron chi connectivity index (χ1n) is 6.82. The van der Waals surface area contributed by atoms with E-state index in [1.807, 2.05) is 12.1 Å². The molecule has 17 heavy (non-hydrogen) atoms. The molecule has 1 aromatic carbocycles. The van der Waals surface area contributed by atoms with E-state index >= 15 is 0 Å². The predicted molar refractivity (Wildman–Crippen MR) is 74.6 cm³/mol. The number of rotatable bonds is 6. The Kier molecular flexibility index (Phi) is 5.34. The molecule has 1 nitrogen and oxygen atoms in total. The minimum atomic E-state index is 0.811. The molecule has 0 aliphatic heterocycles. The molecule has 0 aromatic heterocycles. The van der Waals surface area contributed by atoms with E-state index in [1.165, 1.54) is 57.1 Å². The maximum absolute atomic E-state index is 5.86. The third-order valence-corrected chi connectivity index (χ3v) is 3.85. The van der Waals surface area contributed by atoms with Gasteiger partial charge in [-0.1, -0.05) is 36.6 Å². The SMILES string of the molecule is Clc1ccc(CCCCNC2CCCC2)cc1. The number of nitrogens with one attached hydrogen (secondary N) is 1. The minimum Gasteiger partial charge on any atom is -0.314 e. The predicted octanol–water partition coefficient (Wildman–Crippen LogP) is 4.19. The van der Waals surface area contributed by atoms with E-state index in [9.17, 15) is 0 Å².